The van der Waals surface area contributed by atoms with E-state index in [2.05, 4.69) is 13.8 Å². The highest BCUT2D eigenvalue weighted by Crippen LogP contribution is 2.48. The minimum atomic E-state index is -3.83. The average molecular weight is 299 g/mol. The zero-order chi connectivity index (χ0) is 15.0. The maximum absolute atomic E-state index is 12.2. The summed E-state index contributed by atoms with van der Waals surface area (Å²) in [6, 6.07) is 8.66. The molecule has 0 saturated heterocycles. The lowest BCUT2D eigenvalue weighted by Gasteiger charge is -2.23. The van der Waals surface area contributed by atoms with Gasteiger partial charge in [-0.15, -0.1) is 0 Å². The van der Waals surface area contributed by atoms with Crippen LogP contribution in [0, 0.1) is 5.92 Å². The highest BCUT2D eigenvalue weighted by Gasteiger charge is 2.32. The van der Waals surface area contributed by atoms with Crippen LogP contribution in [0.3, 0.4) is 0 Å². The summed E-state index contributed by atoms with van der Waals surface area (Å²) in [4.78, 5) is 10.0. The van der Waals surface area contributed by atoms with Gasteiger partial charge in [0, 0.05) is 0 Å². The van der Waals surface area contributed by atoms with E-state index in [1.54, 1.807) is 24.3 Å². The van der Waals surface area contributed by atoms with Gasteiger partial charge in [0.1, 0.15) is 11.5 Å². The summed E-state index contributed by atoms with van der Waals surface area (Å²) >= 11 is 0. The Morgan fingerprint density at radius 2 is 1.95 bits per heavy atom. The first-order valence-electron chi connectivity index (χ1n) is 7.32. The quantitative estimate of drug-likeness (QED) is 0.672. The Morgan fingerprint density at radius 3 is 2.50 bits per heavy atom. The van der Waals surface area contributed by atoms with Crippen molar-refractivity contribution in [3.05, 3.63) is 30.3 Å². The van der Waals surface area contributed by atoms with Crippen molar-refractivity contribution < 1.29 is 14.0 Å². The second-order valence-electron chi connectivity index (χ2n) is 5.19. The van der Waals surface area contributed by atoms with Gasteiger partial charge in [0.05, 0.1) is 0 Å². The molecule has 0 aliphatic heterocycles. The molecule has 0 aromatic heterocycles. The van der Waals surface area contributed by atoms with Gasteiger partial charge in [0.15, 0.2) is 0 Å². The van der Waals surface area contributed by atoms with Crippen LogP contribution in [0.15, 0.2) is 30.3 Å². The first kappa shape index (κ1) is 17.2. The molecule has 0 fully saturated rings. The Morgan fingerprint density at radius 1 is 1.30 bits per heavy atom. The summed E-state index contributed by atoms with van der Waals surface area (Å²) in [7, 11) is -3.83. The molecule has 0 radical (unpaired) electrons. The second-order valence-corrected chi connectivity index (χ2v) is 7.16. The Balaban J connectivity index is 2.59. The molecule has 1 aromatic rings. The summed E-state index contributed by atoms with van der Waals surface area (Å²) in [6.45, 7) is 4.23. The van der Waals surface area contributed by atoms with Gasteiger partial charge in [0.25, 0.3) is 0 Å². The average Bonchev–Trinajstić information content (AvgIpc) is 2.43. The molecule has 4 nitrogen and oxygen atoms in total. The first-order valence-corrected chi connectivity index (χ1v) is 8.97. The van der Waals surface area contributed by atoms with Crippen LogP contribution in [0.25, 0.3) is 0 Å². The molecular weight excluding hydrogens is 273 g/mol. The maximum atomic E-state index is 12.2. The molecule has 3 unspecified atom stereocenters. The zero-order valence-corrected chi connectivity index (χ0v) is 13.3. The lowest BCUT2D eigenvalue weighted by Crippen LogP contribution is -2.25. The van der Waals surface area contributed by atoms with Crippen LogP contribution in [-0.4, -0.2) is 10.7 Å². The first-order chi connectivity index (χ1) is 9.49. The number of hydrogen-bond donors (Lipinski definition) is 2. The van der Waals surface area contributed by atoms with Gasteiger partial charge in [0.2, 0.25) is 0 Å². The molecule has 0 aliphatic carbocycles. The van der Waals surface area contributed by atoms with E-state index >= 15 is 0 Å². The van der Waals surface area contributed by atoms with Gasteiger partial charge >= 0.3 is 7.60 Å². The largest absolute Gasteiger partial charge is 0.423 e. The van der Waals surface area contributed by atoms with Gasteiger partial charge in [-0.25, -0.2) is 4.57 Å². The number of hydrogen-bond acceptors (Lipinski definition) is 3. The molecule has 3 atom stereocenters. The number of unbranched alkanes of at least 4 members (excludes halogenated alkanes) is 1. The summed E-state index contributed by atoms with van der Waals surface area (Å²) in [6.07, 6.45) is 4.80. The van der Waals surface area contributed by atoms with E-state index in [-0.39, 0.29) is 0 Å². The molecule has 0 bridgehead atoms. The number of rotatable bonds is 9. The third-order valence-corrected chi connectivity index (χ3v) is 5.04. The fourth-order valence-electron chi connectivity index (χ4n) is 2.16. The van der Waals surface area contributed by atoms with Crippen LogP contribution in [0.4, 0.5) is 0 Å². The smallest absolute Gasteiger partial charge is 0.393 e. The molecule has 1 rings (SSSR count). The minimum Gasteiger partial charge on any atom is -0.423 e. The van der Waals surface area contributed by atoms with Crippen molar-refractivity contribution >= 4 is 7.60 Å². The van der Waals surface area contributed by atoms with Crippen molar-refractivity contribution in [1.29, 1.82) is 0 Å². The number of nitrogens with two attached hydrogens (primary N) is 1. The fraction of sp³-hybridized carbons (Fsp3) is 0.600. The van der Waals surface area contributed by atoms with Crippen LogP contribution in [-0.2, 0) is 4.57 Å². The van der Waals surface area contributed by atoms with Gasteiger partial charge in [-0.1, -0.05) is 57.7 Å². The second kappa shape index (κ2) is 8.46. The standard InChI is InChI=1S/C15H26NO3P/c1-3-5-9-13(4-2)12-15(16)20(17,18)19-14-10-7-6-8-11-14/h6-8,10-11,13,15H,3-5,9,12,16H2,1-2H3,(H,17,18). The van der Waals surface area contributed by atoms with E-state index in [1.165, 1.54) is 0 Å². The molecule has 0 amide bonds. The van der Waals surface area contributed by atoms with E-state index < -0.39 is 13.4 Å². The van der Waals surface area contributed by atoms with Gasteiger partial charge in [-0.3, -0.25) is 0 Å². The van der Waals surface area contributed by atoms with Crippen molar-refractivity contribution in [2.75, 3.05) is 0 Å². The Labute approximate surface area is 121 Å². The lowest BCUT2D eigenvalue weighted by atomic mass is 9.96. The van der Waals surface area contributed by atoms with Crippen LogP contribution in [0.1, 0.15) is 46.0 Å². The topological polar surface area (TPSA) is 72.6 Å². The van der Waals surface area contributed by atoms with Crippen LogP contribution >= 0.6 is 7.60 Å². The van der Waals surface area contributed by atoms with Crippen molar-refractivity contribution in [2.24, 2.45) is 11.7 Å². The third kappa shape index (κ3) is 5.66. The Kier molecular flexibility index (Phi) is 7.28. The predicted octanol–water partition coefficient (Wildman–Crippen LogP) is 4.14. The zero-order valence-electron chi connectivity index (χ0n) is 12.4. The summed E-state index contributed by atoms with van der Waals surface area (Å²) in [5.41, 5.74) is 5.91. The Hall–Kier alpha value is -0.830. The normalized spacial score (nSPS) is 17.2. The predicted molar refractivity (Wildman–Crippen MR) is 82.8 cm³/mol. The van der Waals surface area contributed by atoms with Crippen LogP contribution < -0.4 is 10.3 Å². The third-order valence-electron chi connectivity index (χ3n) is 3.52. The summed E-state index contributed by atoms with van der Waals surface area (Å²) in [5, 5.41) is 0. The van der Waals surface area contributed by atoms with Gasteiger partial charge in [-0.05, 0) is 24.5 Å². The van der Waals surface area contributed by atoms with Gasteiger partial charge in [-0.2, -0.15) is 0 Å². The fourth-order valence-corrected chi connectivity index (χ4v) is 3.28. The van der Waals surface area contributed by atoms with Crippen molar-refractivity contribution in [1.82, 2.24) is 0 Å². The highest BCUT2D eigenvalue weighted by atomic mass is 31.2. The minimum absolute atomic E-state index is 0.379. The molecule has 20 heavy (non-hydrogen) atoms. The van der Waals surface area contributed by atoms with Crippen molar-refractivity contribution in [3.63, 3.8) is 0 Å². The molecular formula is C15H26NO3P. The molecule has 1 aromatic carbocycles. The summed E-state index contributed by atoms with van der Waals surface area (Å²) < 4.78 is 17.4. The Bertz CT molecular complexity index is 424. The monoisotopic (exact) mass is 299 g/mol. The number of para-hydroxylation sites is 1. The van der Waals surface area contributed by atoms with E-state index in [9.17, 15) is 9.46 Å². The van der Waals surface area contributed by atoms with Crippen LogP contribution in [0.2, 0.25) is 0 Å². The van der Waals surface area contributed by atoms with E-state index in [0.29, 0.717) is 18.1 Å². The van der Waals surface area contributed by atoms with Crippen molar-refractivity contribution in [3.8, 4) is 5.75 Å². The SMILES string of the molecule is CCCCC(CC)CC(N)P(=O)(O)Oc1ccccc1. The number of benzene rings is 1. The molecule has 5 heteroatoms. The maximum Gasteiger partial charge on any atom is 0.393 e. The van der Waals surface area contributed by atoms with E-state index in [1.807, 2.05) is 6.07 Å². The van der Waals surface area contributed by atoms with Gasteiger partial charge < -0.3 is 15.2 Å². The molecule has 0 aliphatic rings. The molecule has 3 N–H and O–H groups in total. The lowest BCUT2D eigenvalue weighted by molar-refractivity contribution is 0.339. The highest BCUT2D eigenvalue weighted by molar-refractivity contribution is 7.53. The molecule has 0 spiro atoms. The van der Waals surface area contributed by atoms with Crippen LogP contribution in [0.5, 0.6) is 5.75 Å². The van der Waals surface area contributed by atoms with E-state index in [0.717, 1.165) is 25.7 Å². The summed E-state index contributed by atoms with van der Waals surface area (Å²) in [5.74, 6) is -0.0651. The molecule has 114 valence electrons. The van der Waals surface area contributed by atoms with E-state index in [4.69, 9.17) is 10.3 Å². The van der Waals surface area contributed by atoms with Crippen molar-refractivity contribution in [2.45, 2.75) is 51.7 Å². The molecule has 0 saturated carbocycles. The molecule has 0 heterocycles.